The van der Waals surface area contributed by atoms with E-state index in [9.17, 15) is 18.0 Å². The van der Waals surface area contributed by atoms with Gasteiger partial charge in [-0.15, -0.1) is 0 Å². The number of carbonyl (C=O) groups is 1. The van der Waals surface area contributed by atoms with Crippen LogP contribution in [0.4, 0.5) is 18.9 Å². The van der Waals surface area contributed by atoms with E-state index in [4.69, 9.17) is 5.73 Å². The third-order valence-corrected chi connectivity index (χ3v) is 2.93. The van der Waals surface area contributed by atoms with Gasteiger partial charge in [-0.1, -0.05) is 0 Å². The van der Waals surface area contributed by atoms with E-state index in [1.54, 1.807) is 6.20 Å². The van der Waals surface area contributed by atoms with Crippen LogP contribution in [0.15, 0.2) is 30.6 Å². The van der Waals surface area contributed by atoms with Gasteiger partial charge in [0.1, 0.15) is 0 Å². The number of rotatable bonds is 3. The summed E-state index contributed by atoms with van der Waals surface area (Å²) >= 11 is 0. The molecule has 0 radical (unpaired) electrons. The molecule has 8 heteroatoms. The zero-order chi connectivity index (χ0) is 15.6. The molecule has 2 rings (SSSR count). The van der Waals surface area contributed by atoms with Gasteiger partial charge in [0.05, 0.1) is 17.3 Å². The number of aromatic amines is 1. The number of hydrogen-bond donors (Lipinski definition) is 2. The molecule has 0 atom stereocenters. The van der Waals surface area contributed by atoms with Crippen molar-refractivity contribution >= 4 is 11.6 Å². The minimum Gasteiger partial charge on any atom is -0.398 e. The summed E-state index contributed by atoms with van der Waals surface area (Å²) in [6.45, 7) is 0.213. The third-order valence-electron chi connectivity index (χ3n) is 2.93. The summed E-state index contributed by atoms with van der Waals surface area (Å²) < 4.78 is 38.1. The molecule has 0 spiro atoms. The van der Waals surface area contributed by atoms with Crippen LogP contribution in [0.2, 0.25) is 0 Å². The van der Waals surface area contributed by atoms with E-state index in [1.807, 2.05) is 0 Å². The average Bonchev–Trinajstić information content (AvgIpc) is 2.90. The Hall–Kier alpha value is -2.51. The van der Waals surface area contributed by atoms with Crippen LogP contribution in [-0.4, -0.2) is 28.1 Å². The number of hydrogen-bond acceptors (Lipinski definition) is 3. The maximum atomic E-state index is 12.7. The number of alkyl halides is 3. The fourth-order valence-electron chi connectivity index (χ4n) is 1.83. The third kappa shape index (κ3) is 3.33. The van der Waals surface area contributed by atoms with Gasteiger partial charge in [0.25, 0.3) is 5.91 Å². The van der Waals surface area contributed by atoms with E-state index in [0.717, 1.165) is 23.8 Å². The summed E-state index contributed by atoms with van der Waals surface area (Å²) in [6.07, 6.45) is -1.40. The lowest BCUT2D eigenvalue weighted by atomic mass is 10.1. The van der Waals surface area contributed by atoms with Crippen LogP contribution in [0.3, 0.4) is 0 Å². The molecule has 1 heterocycles. The molecular weight excluding hydrogens is 285 g/mol. The number of nitrogens with two attached hydrogens (primary N) is 1. The molecule has 3 N–H and O–H groups in total. The van der Waals surface area contributed by atoms with Crippen molar-refractivity contribution in [2.75, 3.05) is 12.8 Å². The molecule has 2 aromatic rings. The number of amides is 1. The lowest BCUT2D eigenvalue weighted by Crippen LogP contribution is -2.27. The second-order valence-corrected chi connectivity index (χ2v) is 4.57. The van der Waals surface area contributed by atoms with Crippen LogP contribution < -0.4 is 5.73 Å². The molecule has 0 fully saturated rings. The van der Waals surface area contributed by atoms with Crippen molar-refractivity contribution in [3.63, 3.8) is 0 Å². The highest BCUT2D eigenvalue weighted by Crippen LogP contribution is 2.31. The van der Waals surface area contributed by atoms with Gasteiger partial charge in [0, 0.05) is 31.0 Å². The number of anilines is 1. The van der Waals surface area contributed by atoms with E-state index in [-0.39, 0.29) is 17.8 Å². The van der Waals surface area contributed by atoms with Gasteiger partial charge in [-0.05, 0) is 18.2 Å². The normalized spacial score (nSPS) is 11.4. The Balaban J connectivity index is 2.26. The molecule has 5 nitrogen and oxygen atoms in total. The lowest BCUT2D eigenvalue weighted by Gasteiger charge is -2.18. The summed E-state index contributed by atoms with van der Waals surface area (Å²) in [5.74, 6) is -0.584. The largest absolute Gasteiger partial charge is 0.416 e. The van der Waals surface area contributed by atoms with Crippen molar-refractivity contribution < 1.29 is 18.0 Å². The molecule has 0 bridgehead atoms. The first-order valence-electron chi connectivity index (χ1n) is 5.99. The molecule has 1 aromatic carbocycles. The van der Waals surface area contributed by atoms with Crippen LogP contribution in [-0.2, 0) is 12.7 Å². The molecule has 1 amide bonds. The van der Waals surface area contributed by atoms with Crippen LogP contribution in [0.5, 0.6) is 0 Å². The Bertz CT molecular complexity index is 637. The van der Waals surface area contributed by atoms with Crippen molar-refractivity contribution in [3.8, 4) is 0 Å². The highest BCUT2D eigenvalue weighted by molar-refractivity contribution is 5.99. The van der Waals surface area contributed by atoms with Crippen LogP contribution in [0, 0.1) is 0 Å². The van der Waals surface area contributed by atoms with Crippen molar-refractivity contribution in [1.29, 1.82) is 0 Å². The van der Waals surface area contributed by atoms with Crippen LogP contribution >= 0.6 is 0 Å². The fraction of sp³-hybridized carbons (Fsp3) is 0.231. The molecule has 0 saturated carbocycles. The Morgan fingerprint density at radius 2 is 2.14 bits per heavy atom. The molecule has 0 saturated heterocycles. The molecule has 112 valence electrons. The molecule has 21 heavy (non-hydrogen) atoms. The Kier molecular flexibility index (Phi) is 3.88. The van der Waals surface area contributed by atoms with Gasteiger partial charge in [-0.2, -0.15) is 18.3 Å². The monoisotopic (exact) mass is 298 g/mol. The summed E-state index contributed by atoms with van der Waals surface area (Å²) in [5, 5.41) is 6.33. The van der Waals surface area contributed by atoms with Gasteiger partial charge in [0.2, 0.25) is 0 Å². The Morgan fingerprint density at radius 1 is 1.43 bits per heavy atom. The van der Waals surface area contributed by atoms with E-state index < -0.39 is 17.6 Å². The number of nitrogen functional groups attached to an aromatic ring is 1. The Labute approximate surface area is 118 Å². The molecule has 0 aliphatic carbocycles. The molecular formula is C13H13F3N4O. The minimum absolute atomic E-state index is 0.00652. The zero-order valence-corrected chi connectivity index (χ0v) is 11.1. The highest BCUT2D eigenvalue weighted by Gasteiger charge is 2.32. The molecule has 0 aliphatic rings. The van der Waals surface area contributed by atoms with Gasteiger partial charge >= 0.3 is 6.18 Å². The topological polar surface area (TPSA) is 75.0 Å². The number of halogens is 3. The summed E-state index contributed by atoms with van der Waals surface area (Å²) in [6, 6.07) is 2.70. The van der Waals surface area contributed by atoms with E-state index in [0.29, 0.717) is 0 Å². The van der Waals surface area contributed by atoms with Gasteiger partial charge in [0.15, 0.2) is 0 Å². The first-order chi connectivity index (χ1) is 9.79. The van der Waals surface area contributed by atoms with Gasteiger partial charge in [-0.25, -0.2) is 0 Å². The quantitative estimate of drug-likeness (QED) is 0.854. The maximum Gasteiger partial charge on any atom is 0.416 e. The maximum absolute atomic E-state index is 12.7. The predicted octanol–water partition coefficient (Wildman–Crippen LogP) is 2.28. The highest BCUT2D eigenvalue weighted by atomic mass is 19.4. The second-order valence-electron chi connectivity index (χ2n) is 4.57. The fourth-order valence-corrected chi connectivity index (χ4v) is 1.83. The number of carbonyl (C=O) groups excluding carboxylic acids is 1. The predicted molar refractivity (Wildman–Crippen MR) is 70.2 cm³/mol. The molecule has 0 unspecified atom stereocenters. The van der Waals surface area contributed by atoms with E-state index in [1.165, 1.54) is 18.1 Å². The average molecular weight is 298 g/mol. The van der Waals surface area contributed by atoms with Gasteiger partial charge in [-0.3, -0.25) is 9.89 Å². The van der Waals surface area contributed by atoms with Gasteiger partial charge < -0.3 is 10.6 Å². The number of H-pyrrole nitrogens is 1. The second kappa shape index (κ2) is 5.47. The Morgan fingerprint density at radius 3 is 2.71 bits per heavy atom. The number of nitrogens with one attached hydrogen (secondary N) is 1. The standard InChI is InChI=1S/C13H13F3N4O/c1-20(7-8-5-18-19-6-8)12(21)10-4-9(13(14,15)16)2-3-11(10)17/h2-6H,7,17H2,1H3,(H,18,19). The lowest BCUT2D eigenvalue weighted by molar-refractivity contribution is -0.137. The number of benzene rings is 1. The minimum atomic E-state index is -4.52. The van der Waals surface area contributed by atoms with Crippen molar-refractivity contribution in [1.82, 2.24) is 15.1 Å². The smallest absolute Gasteiger partial charge is 0.398 e. The van der Waals surface area contributed by atoms with Crippen LogP contribution in [0.25, 0.3) is 0 Å². The summed E-state index contributed by atoms with van der Waals surface area (Å²) in [4.78, 5) is 13.5. The first kappa shape index (κ1) is 14.9. The summed E-state index contributed by atoms with van der Waals surface area (Å²) in [7, 11) is 1.48. The summed E-state index contributed by atoms with van der Waals surface area (Å²) in [5.41, 5.74) is 5.27. The molecule has 1 aromatic heterocycles. The zero-order valence-electron chi connectivity index (χ0n) is 11.1. The number of aromatic nitrogens is 2. The van der Waals surface area contributed by atoms with Crippen molar-refractivity contribution in [3.05, 3.63) is 47.3 Å². The van der Waals surface area contributed by atoms with Crippen LogP contribution in [0.1, 0.15) is 21.5 Å². The number of nitrogens with zero attached hydrogens (tertiary/aromatic N) is 2. The van der Waals surface area contributed by atoms with E-state index in [2.05, 4.69) is 10.2 Å². The van der Waals surface area contributed by atoms with Crippen molar-refractivity contribution in [2.45, 2.75) is 12.7 Å². The first-order valence-corrected chi connectivity index (χ1v) is 5.99. The molecule has 0 aliphatic heterocycles. The SMILES string of the molecule is CN(Cc1cn[nH]c1)C(=O)c1cc(C(F)(F)F)ccc1N. The van der Waals surface area contributed by atoms with Crippen molar-refractivity contribution in [2.24, 2.45) is 0 Å². The van der Waals surface area contributed by atoms with E-state index >= 15 is 0 Å².